The van der Waals surface area contributed by atoms with Crippen LogP contribution in [0, 0.1) is 11.3 Å². The Morgan fingerprint density at radius 2 is 1.91 bits per heavy atom. The van der Waals surface area contributed by atoms with Crippen molar-refractivity contribution in [2.75, 3.05) is 4.90 Å². The fourth-order valence-corrected chi connectivity index (χ4v) is 3.86. The lowest BCUT2D eigenvalue weighted by atomic mass is 9.65. The van der Waals surface area contributed by atoms with Crippen LogP contribution in [-0.4, -0.2) is 5.91 Å². The standard InChI is InChI=1S/C19H15ClN2O/c20-15-7-3-6-14(19(12-21)9-4-10-19)18(15)22-16-8-2-1-5-13(16)11-17(22)23/h1-3,5-8H,4,9-11H2. The lowest BCUT2D eigenvalue weighted by Crippen LogP contribution is -2.35. The number of amides is 1. The van der Waals surface area contributed by atoms with Crippen LogP contribution in [0.2, 0.25) is 5.02 Å². The van der Waals surface area contributed by atoms with Gasteiger partial charge in [-0.05, 0) is 42.5 Å². The number of carbonyl (C=O) groups is 1. The Morgan fingerprint density at radius 3 is 2.61 bits per heavy atom. The van der Waals surface area contributed by atoms with Crippen LogP contribution in [0.4, 0.5) is 11.4 Å². The van der Waals surface area contributed by atoms with Gasteiger partial charge in [-0.3, -0.25) is 9.69 Å². The van der Waals surface area contributed by atoms with Gasteiger partial charge in [-0.15, -0.1) is 0 Å². The maximum Gasteiger partial charge on any atom is 0.236 e. The molecule has 4 heteroatoms. The molecule has 1 heterocycles. The smallest absolute Gasteiger partial charge is 0.236 e. The van der Waals surface area contributed by atoms with E-state index in [9.17, 15) is 10.1 Å². The summed E-state index contributed by atoms with van der Waals surface area (Å²) in [5.74, 6) is 0.00737. The quantitative estimate of drug-likeness (QED) is 0.816. The van der Waals surface area contributed by atoms with Crippen LogP contribution >= 0.6 is 11.6 Å². The van der Waals surface area contributed by atoms with E-state index in [0.29, 0.717) is 17.1 Å². The van der Waals surface area contributed by atoms with Crippen molar-refractivity contribution in [1.29, 1.82) is 5.26 Å². The van der Waals surface area contributed by atoms with E-state index in [1.165, 1.54) is 0 Å². The lowest BCUT2D eigenvalue weighted by molar-refractivity contribution is -0.116. The van der Waals surface area contributed by atoms with Gasteiger partial charge in [-0.25, -0.2) is 0 Å². The summed E-state index contributed by atoms with van der Waals surface area (Å²) in [4.78, 5) is 14.3. The van der Waals surface area contributed by atoms with E-state index in [0.717, 1.165) is 36.1 Å². The van der Waals surface area contributed by atoms with E-state index < -0.39 is 5.41 Å². The summed E-state index contributed by atoms with van der Waals surface area (Å²) in [5, 5.41) is 10.2. The molecular formula is C19H15ClN2O. The molecule has 2 aromatic rings. The fourth-order valence-electron chi connectivity index (χ4n) is 3.60. The molecule has 0 saturated heterocycles. The minimum absolute atomic E-state index is 0.00737. The van der Waals surface area contributed by atoms with E-state index in [-0.39, 0.29) is 5.91 Å². The minimum atomic E-state index is -0.516. The van der Waals surface area contributed by atoms with Crippen LogP contribution in [0.15, 0.2) is 42.5 Å². The molecule has 0 radical (unpaired) electrons. The molecule has 0 N–H and O–H groups in total. The lowest BCUT2D eigenvalue weighted by Gasteiger charge is -2.38. The van der Waals surface area contributed by atoms with E-state index >= 15 is 0 Å². The molecule has 1 aliphatic carbocycles. The molecule has 0 atom stereocenters. The van der Waals surface area contributed by atoms with Gasteiger partial charge in [0.05, 0.1) is 34.3 Å². The predicted molar refractivity (Wildman–Crippen MR) is 89.9 cm³/mol. The van der Waals surface area contributed by atoms with Gasteiger partial charge in [0.25, 0.3) is 0 Å². The first-order valence-electron chi connectivity index (χ1n) is 7.77. The van der Waals surface area contributed by atoms with Crippen molar-refractivity contribution in [2.24, 2.45) is 0 Å². The van der Waals surface area contributed by atoms with Gasteiger partial charge >= 0.3 is 0 Å². The molecule has 0 bridgehead atoms. The molecule has 2 aromatic carbocycles. The van der Waals surface area contributed by atoms with Crippen molar-refractivity contribution >= 4 is 28.9 Å². The van der Waals surface area contributed by atoms with Gasteiger partial charge in [-0.1, -0.05) is 41.9 Å². The number of carbonyl (C=O) groups excluding carboxylic acids is 1. The summed E-state index contributed by atoms with van der Waals surface area (Å²) in [6.07, 6.45) is 3.05. The Hall–Kier alpha value is -2.31. The monoisotopic (exact) mass is 322 g/mol. The first kappa shape index (κ1) is 14.3. The molecule has 23 heavy (non-hydrogen) atoms. The van der Waals surface area contributed by atoms with Crippen LogP contribution < -0.4 is 4.90 Å². The second-order valence-electron chi connectivity index (χ2n) is 6.22. The average molecular weight is 323 g/mol. The molecule has 114 valence electrons. The Labute approximate surface area is 140 Å². The molecule has 1 aliphatic heterocycles. The van der Waals surface area contributed by atoms with Gasteiger partial charge in [0, 0.05) is 0 Å². The largest absolute Gasteiger partial charge is 0.279 e. The summed E-state index contributed by atoms with van der Waals surface area (Å²) >= 11 is 6.48. The Morgan fingerprint density at radius 1 is 1.13 bits per heavy atom. The topological polar surface area (TPSA) is 44.1 Å². The highest BCUT2D eigenvalue weighted by molar-refractivity contribution is 6.34. The summed E-state index contributed by atoms with van der Waals surface area (Å²) in [7, 11) is 0. The molecule has 0 spiro atoms. The summed E-state index contributed by atoms with van der Waals surface area (Å²) in [6.45, 7) is 0. The van der Waals surface area contributed by atoms with Crippen LogP contribution in [0.3, 0.4) is 0 Å². The molecule has 3 nitrogen and oxygen atoms in total. The normalized spacial score (nSPS) is 18.3. The van der Waals surface area contributed by atoms with E-state index in [1.807, 2.05) is 36.4 Å². The van der Waals surface area contributed by atoms with Crippen molar-refractivity contribution < 1.29 is 4.79 Å². The van der Waals surface area contributed by atoms with Crippen molar-refractivity contribution in [3.05, 3.63) is 58.6 Å². The van der Waals surface area contributed by atoms with E-state index in [1.54, 1.807) is 11.0 Å². The zero-order valence-corrected chi connectivity index (χ0v) is 13.3. The zero-order chi connectivity index (χ0) is 16.0. The second-order valence-corrected chi connectivity index (χ2v) is 6.63. The zero-order valence-electron chi connectivity index (χ0n) is 12.6. The summed E-state index contributed by atoms with van der Waals surface area (Å²) in [5.41, 5.74) is 2.93. The van der Waals surface area contributed by atoms with Crippen LogP contribution in [0.1, 0.15) is 30.4 Å². The number of rotatable bonds is 2. The molecule has 1 amide bonds. The van der Waals surface area contributed by atoms with E-state index in [2.05, 4.69) is 6.07 Å². The average Bonchev–Trinajstić information content (AvgIpc) is 2.83. The first-order chi connectivity index (χ1) is 11.2. The molecule has 0 aromatic heterocycles. The number of para-hydroxylation sites is 2. The molecule has 0 unspecified atom stereocenters. The number of fused-ring (bicyclic) bond motifs is 1. The predicted octanol–water partition coefficient (Wildman–Crippen LogP) is 4.51. The van der Waals surface area contributed by atoms with Crippen LogP contribution in [0.25, 0.3) is 0 Å². The van der Waals surface area contributed by atoms with Crippen molar-refractivity contribution in [1.82, 2.24) is 0 Å². The highest BCUT2D eigenvalue weighted by atomic mass is 35.5. The summed E-state index contributed by atoms with van der Waals surface area (Å²) in [6, 6.07) is 15.8. The Kier molecular flexibility index (Phi) is 3.18. The van der Waals surface area contributed by atoms with Crippen molar-refractivity contribution in [3.63, 3.8) is 0 Å². The fraction of sp³-hybridized carbons (Fsp3) is 0.263. The number of nitriles is 1. The third-order valence-electron chi connectivity index (χ3n) is 4.97. The second kappa shape index (κ2) is 5.11. The van der Waals surface area contributed by atoms with Gasteiger partial charge in [0.15, 0.2) is 0 Å². The maximum absolute atomic E-state index is 12.6. The summed E-state index contributed by atoms with van der Waals surface area (Å²) < 4.78 is 0. The third kappa shape index (κ3) is 1.99. The van der Waals surface area contributed by atoms with E-state index in [4.69, 9.17) is 11.6 Å². The molecular weight excluding hydrogens is 308 g/mol. The van der Waals surface area contributed by atoms with Crippen LogP contribution in [0.5, 0.6) is 0 Å². The number of hydrogen-bond donors (Lipinski definition) is 0. The number of anilines is 2. The van der Waals surface area contributed by atoms with Gasteiger partial charge in [0.2, 0.25) is 5.91 Å². The first-order valence-corrected chi connectivity index (χ1v) is 8.15. The molecule has 1 fully saturated rings. The Bertz CT molecular complexity index is 849. The highest BCUT2D eigenvalue weighted by Gasteiger charge is 2.43. The minimum Gasteiger partial charge on any atom is -0.279 e. The van der Waals surface area contributed by atoms with Crippen molar-refractivity contribution in [3.8, 4) is 6.07 Å². The van der Waals surface area contributed by atoms with Gasteiger partial charge in [0.1, 0.15) is 0 Å². The highest BCUT2D eigenvalue weighted by Crippen LogP contribution is 2.51. The molecule has 4 rings (SSSR count). The van der Waals surface area contributed by atoms with Gasteiger partial charge < -0.3 is 0 Å². The maximum atomic E-state index is 12.6. The SMILES string of the molecule is N#CC1(c2cccc(Cl)c2N2C(=O)Cc3ccccc32)CCC1. The van der Waals surface area contributed by atoms with Gasteiger partial charge in [-0.2, -0.15) is 5.26 Å². The van der Waals surface area contributed by atoms with Crippen LogP contribution in [-0.2, 0) is 16.6 Å². The van der Waals surface area contributed by atoms with Crippen molar-refractivity contribution in [2.45, 2.75) is 31.1 Å². The third-order valence-corrected chi connectivity index (χ3v) is 5.28. The molecule has 2 aliphatic rings. The number of benzene rings is 2. The number of nitrogens with zero attached hydrogens (tertiary/aromatic N) is 2. The number of hydrogen-bond acceptors (Lipinski definition) is 2. The number of halogens is 1. The molecule has 1 saturated carbocycles. The Balaban J connectivity index is 1.94.